The van der Waals surface area contributed by atoms with E-state index in [0.29, 0.717) is 5.69 Å². The molecule has 2 rings (SSSR count). The number of rotatable bonds is 6. The first-order valence-electron chi connectivity index (χ1n) is 7.58. The van der Waals surface area contributed by atoms with E-state index in [0.717, 1.165) is 0 Å². The van der Waals surface area contributed by atoms with Gasteiger partial charge in [0.2, 0.25) is 5.91 Å². The molecule has 0 aliphatic rings. The summed E-state index contributed by atoms with van der Waals surface area (Å²) < 4.78 is 26.9. The topological polar surface area (TPSA) is 122 Å². The largest absolute Gasteiger partial charge is 0.506 e. The highest BCUT2D eigenvalue weighted by Crippen LogP contribution is 2.29. The van der Waals surface area contributed by atoms with Gasteiger partial charge in [-0.3, -0.25) is 9.52 Å². The van der Waals surface area contributed by atoms with E-state index in [1.54, 1.807) is 32.0 Å². The SMILES string of the molecule is CC(C)(CN)C(=O)Nc1ccc(NS(=O)(=O)c2ccccc2)c(O)c1. The van der Waals surface area contributed by atoms with Gasteiger partial charge in [0.15, 0.2) is 0 Å². The molecule has 0 aliphatic carbocycles. The Morgan fingerprint density at radius 1 is 1.16 bits per heavy atom. The molecule has 8 heteroatoms. The van der Waals surface area contributed by atoms with Gasteiger partial charge in [0.05, 0.1) is 16.0 Å². The molecule has 2 aromatic carbocycles. The molecule has 2 aromatic rings. The van der Waals surface area contributed by atoms with Crippen molar-refractivity contribution in [3.8, 4) is 5.75 Å². The second-order valence-corrected chi connectivity index (χ2v) is 7.88. The van der Waals surface area contributed by atoms with Gasteiger partial charge >= 0.3 is 0 Å². The Hall–Kier alpha value is -2.58. The van der Waals surface area contributed by atoms with E-state index in [-0.39, 0.29) is 28.8 Å². The molecule has 0 spiro atoms. The molecule has 0 fully saturated rings. The maximum absolute atomic E-state index is 12.3. The van der Waals surface area contributed by atoms with Gasteiger partial charge in [-0.1, -0.05) is 18.2 Å². The van der Waals surface area contributed by atoms with Crippen molar-refractivity contribution < 1.29 is 18.3 Å². The summed E-state index contributed by atoms with van der Waals surface area (Å²) >= 11 is 0. The van der Waals surface area contributed by atoms with E-state index >= 15 is 0 Å². The molecule has 0 bridgehead atoms. The van der Waals surface area contributed by atoms with Gasteiger partial charge in [-0.2, -0.15) is 0 Å². The maximum atomic E-state index is 12.3. The molecule has 0 unspecified atom stereocenters. The van der Waals surface area contributed by atoms with Crippen molar-refractivity contribution >= 4 is 27.3 Å². The number of amides is 1. The van der Waals surface area contributed by atoms with Crippen molar-refractivity contribution in [1.82, 2.24) is 0 Å². The molecule has 0 atom stereocenters. The average molecular weight is 363 g/mol. The monoisotopic (exact) mass is 363 g/mol. The van der Waals surface area contributed by atoms with Gasteiger partial charge in [0.25, 0.3) is 10.0 Å². The Morgan fingerprint density at radius 2 is 1.80 bits per heavy atom. The Kier molecular flexibility index (Phi) is 5.34. The number of sulfonamides is 1. The van der Waals surface area contributed by atoms with E-state index in [1.807, 2.05) is 0 Å². The Bertz CT molecular complexity index is 865. The minimum absolute atomic E-state index is 0.0138. The lowest BCUT2D eigenvalue weighted by molar-refractivity contribution is -0.123. The van der Waals surface area contributed by atoms with Crippen LogP contribution in [-0.4, -0.2) is 26.0 Å². The predicted octanol–water partition coefficient (Wildman–Crippen LogP) is 2.12. The van der Waals surface area contributed by atoms with Gasteiger partial charge in [0.1, 0.15) is 5.75 Å². The number of nitrogens with one attached hydrogen (secondary N) is 2. The molecule has 1 amide bonds. The number of aromatic hydroxyl groups is 1. The molecule has 25 heavy (non-hydrogen) atoms. The molecule has 0 radical (unpaired) electrons. The summed E-state index contributed by atoms with van der Waals surface area (Å²) in [7, 11) is -3.81. The molecule has 5 N–H and O–H groups in total. The summed E-state index contributed by atoms with van der Waals surface area (Å²) in [6.07, 6.45) is 0. The highest BCUT2D eigenvalue weighted by atomic mass is 32.2. The van der Waals surface area contributed by atoms with Crippen LogP contribution in [0.3, 0.4) is 0 Å². The number of carbonyl (C=O) groups excluding carboxylic acids is 1. The first-order valence-corrected chi connectivity index (χ1v) is 9.06. The molecule has 0 saturated carbocycles. The van der Waals surface area contributed by atoms with E-state index < -0.39 is 15.4 Å². The summed E-state index contributed by atoms with van der Waals surface area (Å²) in [6, 6.07) is 11.9. The van der Waals surface area contributed by atoms with Crippen LogP contribution in [0, 0.1) is 5.41 Å². The third kappa shape index (κ3) is 4.49. The van der Waals surface area contributed by atoms with Crippen LogP contribution >= 0.6 is 0 Å². The zero-order valence-corrected chi connectivity index (χ0v) is 14.8. The number of nitrogens with two attached hydrogens (primary N) is 1. The molecular formula is C17H21N3O4S. The number of hydrogen-bond acceptors (Lipinski definition) is 5. The number of benzene rings is 2. The van der Waals surface area contributed by atoms with E-state index in [1.165, 1.54) is 30.3 Å². The lowest BCUT2D eigenvalue weighted by atomic mass is 9.92. The van der Waals surface area contributed by atoms with Crippen molar-refractivity contribution in [2.75, 3.05) is 16.6 Å². The molecule has 0 saturated heterocycles. The van der Waals surface area contributed by atoms with Crippen LogP contribution in [-0.2, 0) is 14.8 Å². The van der Waals surface area contributed by atoms with Crippen LogP contribution in [0.25, 0.3) is 0 Å². The molecule has 134 valence electrons. The number of anilines is 2. The van der Waals surface area contributed by atoms with Gasteiger partial charge in [-0.25, -0.2) is 8.42 Å². The minimum Gasteiger partial charge on any atom is -0.506 e. The first kappa shape index (κ1) is 18.8. The van der Waals surface area contributed by atoms with Crippen LogP contribution in [0.2, 0.25) is 0 Å². The number of carbonyl (C=O) groups is 1. The van der Waals surface area contributed by atoms with Gasteiger partial charge in [-0.05, 0) is 38.1 Å². The second-order valence-electron chi connectivity index (χ2n) is 6.19. The third-order valence-electron chi connectivity index (χ3n) is 3.68. The zero-order chi connectivity index (χ0) is 18.7. The Balaban J connectivity index is 2.19. The normalized spacial score (nSPS) is 11.8. The summed E-state index contributed by atoms with van der Waals surface area (Å²) in [6.45, 7) is 3.56. The molecule has 7 nitrogen and oxygen atoms in total. The summed E-state index contributed by atoms with van der Waals surface area (Å²) in [5, 5.41) is 12.7. The van der Waals surface area contributed by atoms with Crippen molar-refractivity contribution in [3.63, 3.8) is 0 Å². The van der Waals surface area contributed by atoms with Crippen LogP contribution in [0.4, 0.5) is 11.4 Å². The van der Waals surface area contributed by atoms with Crippen LogP contribution < -0.4 is 15.8 Å². The molecule has 0 heterocycles. The fourth-order valence-electron chi connectivity index (χ4n) is 1.89. The van der Waals surface area contributed by atoms with Gasteiger partial charge < -0.3 is 16.2 Å². The summed E-state index contributed by atoms with van der Waals surface area (Å²) in [4.78, 5) is 12.2. The van der Waals surface area contributed by atoms with Crippen LogP contribution in [0.1, 0.15) is 13.8 Å². The number of hydrogen-bond donors (Lipinski definition) is 4. The third-order valence-corrected chi connectivity index (χ3v) is 5.06. The summed E-state index contributed by atoms with van der Waals surface area (Å²) in [5.41, 5.74) is 5.15. The van der Waals surface area contributed by atoms with E-state index in [9.17, 15) is 18.3 Å². The van der Waals surface area contributed by atoms with Crippen molar-refractivity contribution in [3.05, 3.63) is 48.5 Å². The van der Waals surface area contributed by atoms with Crippen LogP contribution in [0.5, 0.6) is 5.75 Å². The maximum Gasteiger partial charge on any atom is 0.262 e. The first-order chi connectivity index (χ1) is 11.7. The van der Waals surface area contributed by atoms with Gasteiger partial charge in [0, 0.05) is 18.3 Å². The average Bonchev–Trinajstić information content (AvgIpc) is 2.58. The number of phenols is 1. The second kappa shape index (κ2) is 7.12. The Morgan fingerprint density at radius 3 is 2.36 bits per heavy atom. The summed E-state index contributed by atoms with van der Waals surface area (Å²) in [5.74, 6) is -0.602. The molecule has 0 aromatic heterocycles. The van der Waals surface area contributed by atoms with Gasteiger partial charge in [-0.15, -0.1) is 0 Å². The molecule has 0 aliphatic heterocycles. The lowest BCUT2D eigenvalue weighted by Gasteiger charge is -2.21. The molecular weight excluding hydrogens is 342 g/mol. The fraction of sp³-hybridized carbons (Fsp3) is 0.235. The fourth-order valence-corrected chi connectivity index (χ4v) is 2.99. The van der Waals surface area contributed by atoms with E-state index in [4.69, 9.17) is 5.73 Å². The van der Waals surface area contributed by atoms with Crippen molar-refractivity contribution in [2.24, 2.45) is 11.1 Å². The minimum atomic E-state index is -3.81. The standard InChI is InChI=1S/C17H21N3O4S/c1-17(2,11-18)16(22)19-12-8-9-14(15(21)10-12)20-25(23,24)13-6-4-3-5-7-13/h3-10,20-21H,11,18H2,1-2H3,(H,19,22). The van der Waals surface area contributed by atoms with Crippen molar-refractivity contribution in [2.45, 2.75) is 18.7 Å². The smallest absolute Gasteiger partial charge is 0.262 e. The van der Waals surface area contributed by atoms with Crippen molar-refractivity contribution in [1.29, 1.82) is 0 Å². The Labute approximate surface area is 146 Å². The van der Waals surface area contributed by atoms with Crippen LogP contribution in [0.15, 0.2) is 53.4 Å². The number of phenolic OH excluding ortho intramolecular Hbond substituents is 1. The van der Waals surface area contributed by atoms with E-state index in [2.05, 4.69) is 10.0 Å². The quantitative estimate of drug-likeness (QED) is 0.586. The highest BCUT2D eigenvalue weighted by Gasteiger charge is 2.26. The predicted molar refractivity (Wildman–Crippen MR) is 96.8 cm³/mol. The zero-order valence-electron chi connectivity index (χ0n) is 14.0. The highest BCUT2D eigenvalue weighted by molar-refractivity contribution is 7.92. The lowest BCUT2D eigenvalue weighted by Crippen LogP contribution is -2.37.